The number of carbonyl (C=O) groups excluding carboxylic acids is 1. The first-order valence-electron chi connectivity index (χ1n) is 18.2. The lowest BCUT2D eigenvalue weighted by Gasteiger charge is -2.58. The average molecular weight is 707 g/mol. The highest BCUT2D eigenvalue weighted by molar-refractivity contribution is 6.02. The van der Waals surface area contributed by atoms with E-state index in [9.17, 15) is 15.0 Å². The van der Waals surface area contributed by atoms with Crippen LogP contribution in [-0.4, -0.2) is 81.3 Å². The number of aliphatic hydroxyl groups excluding tert-OH is 2. The summed E-state index contributed by atoms with van der Waals surface area (Å²) in [4.78, 5) is 19.4. The standard InChI is InChI=1S/C39H54N4O8/c1-7-20-47-27-16-17-33-30(23-27)35-28(15-11-13-19-45)26(14-10-12-18-44)22-29-31(41-49-9-3)24-34(39(50-33,36(29)35)48-21-8-2)43-32(25-40-42-43)37(46)51-38(4,5)6/h7-8,16-17,22-23,25-26,28,34-36,44-45H,1-2,9-15,18-21,24H2,3-6H3/t26-,28+,34-,35+,36+,39+/m0/s1. The molecule has 0 spiro atoms. The van der Waals surface area contributed by atoms with E-state index in [4.69, 9.17) is 28.9 Å². The molecule has 2 heterocycles. The maximum absolute atomic E-state index is 13.7. The zero-order valence-corrected chi connectivity index (χ0v) is 30.5. The molecule has 6 atom stereocenters. The summed E-state index contributed by atoms with van der Waals surface area (Å²) in [6, 6.07) is 5.13. The minimum atomic E-state index is -1.39. The van der Waals surface area contributed by atoms with Gasteiger partial charge in [-0.05, 0) is 89.0 Å². The van der Waals surface area contributed by atoms with E-state index < -0.39 is 29.3 Å². The summed E-state index contributed by atoms with van der Waals surface area (Å²) in [5, 5.41) is 32.9. The molecule has 0 bridgehead atoms. The van der Waals surface area contributed by atoms with E-state index in [-0.39, 0.29) is 49.7 Å². The van der Waals surface area contributed by atoms with Gasteiger partial charge in [-0.2, -0.15) is 0 Å². The molecule has 1 aliphatic heterocycles. The van der Waals surface area contributed by atoms with Crippen molar-refractivity contribution in [1.82, 2.24) is 15.0 Å². The first-order chi connectivity index (χ1) is 24.6. The Morgan fingerprint density at radius 1 is 1.12 bits per heavy atom. The molecular weight excluding hydrogens is 652 g/mol. The third-order valence-electron chi connectivity index (χ3n) is 9.79. The van der Waals surface area contributed by atoms with Gasteiger partial charge in [0.1, 0.15) is 36.4 Å². The van der Waals surface area contributed by atoms with Gasteiger partial charge in [-0.15, -0.1) is 11.7 Å². The number of rotatable bonds is 18. The molecule has 2 aliphatic carbocycles. The van der Waals surface area contributed by atoms with Crippen molar-refractivity contribution in [2.45, 2.75) is 96.0 Å². The molecule has 1 saturated carbocycles. The molecule has 0 saturated heterocycles. The number of esters is 1. The number of aliphatic hydroxyl groups is 2. The Bertz CT molecular complexity index is 1580. The molecular formula is C39H54N4O8. The number of aromatic nitrogens is 3. The van der Waals surface area contributed by atoms with Crippen molar-refractivity contribution in [2.24, 2.45) is 22.9 Å². The predicted molar refractivity (Wildman–Crippen MR) is 193 cm³/mol. The molecule has 51 heavy (non-hydrogen) atoms. The number of carbonyl (C=O) groups is 1. The van der Waals surface area contributed by atoms with Crippen molar-refractivity contribution in [3.63, 3.8) is 0 Å². The fraction of sp³-hybridized carbons (Fsp3) is 0.590. The van der Waals surface area contributed by atoms with E-state index in [1.807, 2.05) is 39.8 Å². The Balaban J connectivity index is 1.79. The van der Waals surface area contributed by atoms with E-state index in [1.165, 1.54) is 6.20 Å². The Labute approximate surface area is 301 Å². The van der Waals surface area contributed by atoms with Gasteiger partial charge in [0.25, 0.3) is 0 Å². The average Bonchev–Trinajstić information content (AvgIpc) is 3.60. The van der Waals surface area contributed by atoms with E-state index in [1.54, 1.807) is 16.8 Å². The van der Waals surface area contributed by atoms with E-state index in [0.717, 1.165) is 36.8 Å². The maximum Gasteiger partial charge on any atom is 0.358 e. The van der Waals surface area contributed by atoms with Gasteiger partial charge >= 0.3 is 5.97 Å². The van der Waals surface area contributed by atoms with Gasteiger partial charge in [-0.1, -0.05) is 48.0 Å². The lowest BCUT2D eigenvalue weighted by Crippen LogP contribution is -2.63. The normalized spacial score (nSPS) is 26.0. The first kappa shape index (κ1) is 38.2. The molecule has 2 N–H and O–H groups in total. The van der Waals surface area contributed by atoms with Crippen molar-refractivity contribution in [3.05, 3.63) is 72.6 Å². The molecule has 0 unspecified atom stereocenters. The summed E-state index contributed by atoms with van der Waals surface area (Å²) in [6.07, 6.45) is 12.1. The minimum Gasteiger partial charge on any atom is -0.490 e. The van der Waals surface area contributed by atoms with Gasteiger partial charge in [0, 0.05) is 31.1 Å². The number of allylic oxidation sites excluding steroid dienone is 1. The summed E-state index contributed by atoms with van der Waals surface area (Å²) < 4.78 is 27.5. The SMILES string of the molecule is C=CCOc1ccc2c(c1)[C@H]1[C@H](CCCCO)[C@@H](CCCCO)C=C3C(=NOCC)C[C@H](n4nncc4C(=O)OC(C)(C)C)[C@@](OCC=C)(O2)[C@H]31. The van der Waals surface area contributed by atoms with Gasteiger partial charge in [-0.3, -0.25) is 0 Å². The Morgan fingerprint density at radius 2 is 1.86 bits per heavy atom. The third-order valence-corrected chi connectivity index (χ3v) is 9.79. The van der Waals surface area contributed by atoms with E-state index >= 15 is 0 Å². The van der Waals surface area contributed by atoms with Crippen LogP contribution in [0.25, 0.3) is 0 Å². The van der Waals surface area contributed by atoms with E-state index in [0.29, 0.717) is 43.3 Å². The largest absolute Gasteiger partial charge is 0.490 e. The number of benzene rings is 1. The molecule has 0 radical (unpaired) electrons. The molecule has 3 aliphatic rings. The number of nitrogens with zero attached hydrogens (tertiary/aromatic N) is 4. The van der Waals surface area contributed by atoms with Gasteiger partial charge < -0.3 is 34.0 Å². The topological polar surface area (TPSA) is 147 Å². The predicted octanol–water partition coefficient (Wildman–Crippen LogP) is 6.32. The Kier molecular flexibility index (Phi) is 12.8. The molecule has 1 aromatic carbocycles. The third kappa shape index (κ3) is 8.23. The van der Waals surface area contributed by atoms with Crippen molar-refractivity contribution in [3.8, 4) is 11.5 Å². The minimum absolute atomic E-state index is 0.0983. The molecule has 12 heteroatoms. The van der Waals surface area contributed by atoms with Crippen LogP contribution < -0.4 is 9.47 Å². The van der Waals surface area contributed by atoms with Crippen LogP contribution in [0.2, 0.25) is 0 Å². The quantitative estimate of drug-likeness (QED) is 0.0781. The number of unbranched alkanes of at least 4 members (excludes halogenated alkanes) is 2. The summed E-state index contributed by atoms with van der Waals surface area (Å²) >= 11 is 0. The second-order valence-electron chi connectivity index (χ2n) is 14.4. The van der Waals surface area contributed by atoms with Gasteiger partial charge in [-0.25, -0.2) is 9.48 Å². The van der Waals surface area contributed by atoms with Crippen molar-refractivity contribution in [1.29, 1.82) is 0 Å². The lowest BCUT2D eigenvalue weighted by atomic mass is 9.55. The molecule has 278 valence electrons. The van der Waals surface area contributed by atoms with Crippen LogP contribution in [0.5, 0.6) is 11.5 Å². The second-order valence-corrected chi connectivity index (χ2v) is 14.4. The second kappa shape index (κ2) is 17.0. The molecule has 1 aromatic heterocycles. The van der Waals surface area contributed by atoms with E-state index in [2.05, 4.69) is 35.6 Å². The molecule has 1 fully saturated rings. The van der Waals surface area contributed by atoms with Crippen LogP contribution in [0.3, 0.4) is 0 Å². The number of oxime groups is 1. The first-order valence-corrected chi connectivity index (χ1v) is 18.2. The molecule has 0 amide bonds. The number of hydrogen-bond acceptors (Lipinski definition) is 11. The Hall–Kier alpha value is -4.00. The molecule has 5 rings (SSSR count). The monoisotopic (exact) mass is 706 g/mol. The summed E-state index contributed by atoms with van der Waals surface area (Å²) in [7, 11) is 0. The maximum atomic E-state index is 13.7. The van der Waals surface area contributed by atoms with Crippen LogP contribution in [-0.2, 0) is 14.3 Å². The summed E-state index contributed by atoms with van der Waals surface area (Å²) in [5.74, 6) is -0.987. The summed E-state index contributed by atoms with van der Waals surface area (Å²) in [5.41, 5.74) is 2.07. The number of hydrogen-bond donors (Lipinski definition) is 2. The lowest BCUT2D eigenvalue weighted by molar-refractivity contribution is -0.252. The van der Waals surface area contributed by atoms with Crippen LogP contribution in [0.1, 0.15) is 101 Å². The van der Waals surface area contributed by atoms with Crippen molar-refractivity contribution < 1.29 is 38.8 Å². The van der Waals surface area contributed by atoms with Crippen LogP contribution in [0, 0.1) is 17.8 Å². The van der Waals surface area contributed by atoms with Gasteiger partial charge in [0.05, 0.1) is 24.4 Å². The Morgan fingerprint density at radius 3 is 2.55 bits per heavy atom. The fourth-order valence-corrected chi connectivity index (χ4v) is 7.92. The molecule has 12 nitrogen and oxygen atoms in total. The van der Waals surface area contributed by atoms with Gasteiger partial charge in [0.15, 0.2) is 5.69 Å². The van der Waals surface area contributed by atoms with Crippen molar-refractivity contribution >= 4 is 11.7 Å². The number of fused-ring (bicyclic) bond motifs is 2. The van der Waals surface area contributed by atoms with Crippen LogP contribution in [0.15, 0.2) is 66.5 Å². The van der Waals surface area contributed by atoms with Crippen molar-refractivity contribution in [2.75, 3.05) is 33.0 Å². The molecule has 2 aromatic rings. The zero-order chi connectivity index (χ0) is 36.6. The highest BCUT2D eigenvalue weighted by Gasteiger charge is 2.65. The van der Waals surface area contributed by atoms with Crippen LogP contribution in [0.4, 0.5) is 0 Å². The summed E-state index contributed by atoms with van der Waals surface area (Å²) in [6.45, 7) is 16.2. The fourth-order valence-electron chi connectivity index (χ4n) is 7.92. The van der Waals surface area contributed by atoms with Gasteiger partial charge in [0.2, 0.25) is 5.79 Å². The highest BCUT2D eigenvalue weighted by atomic mass is 16.7. The smallest absolute Gasteiger partial charge is 0.358 e. The zero-order valence-electron chi connectivity index (χ0n) is 30.5. The van der Waals surface area contributed by atoms with Crippen LogP contribution >= 0.6 is 0 Å². The highest BCUT2D eigenvalue weighted by Crippen LogP contribution is 2.63. The number of ether oxygens (including phenoxy) is 4.